The van der Waals surface area contributed by atoms with Crippen LogP contribution in [0.25, 0.3) is 0 Å². The number of primary amides is 1. The van der Waals surface area contributed by atoms with E-state index in [1.165, 1.54) is 0 Å². The van der Waals surface area contributed by atoms with E-state index in [0.29, 0.717) is 19.4 Å². The Balaban J connectivity index is 2.66. The Kier molecular flexibility index (Phi) is 4.93. The maximum atomic E-state index is 12.1. The number of amides is 2. The van der Waals surface area contributed by atoms with Crippen molar-refractivity contribution in [1.82, 2.24) is 10.6 Å². The summed E-state index contributed by atoms with van der Waals surface area (Å²) in [5.74, 6) is -0.542. The van der Waals surface area contributed by atoms with Gasteiger partial charge >= 0.3 is 0 Å². The lowest BCUT2D eigenvalue weighted by molar-refractivity contribution is -0.134. The van der Waals surface area contributed by atoms with E-state index in [1.54, 1.807) is 0 Å². The first-order valence-electron chi connectivity index (χ1n) is 6.38. The molecule has 98 valence electrons. The molecule has 1 rings (SSSR count). The van der Waals surface area contributed by atoms with Crippen LogP contribution in [-0.2, 0) is 9.59 Å². The Bertz CT molecular complexity index is 281. The summed E-state index contributed by atoms with van der Waals surface area (Å²) in [7, 11) is 0. The Morgan fingerprint density at radius 3 is 2.47 bits per heavy atom. The van der Waals surface area contributed by atoms with Crippen LogP contribution in [0.1, 0.15) is 39.5 Å². The van der Waals surface area contributed by atoms with Gasteiger partial charge < -0.3 is 16.4 Å². The lowest BCUT2D eigenvalue weighted by atomic mass is 9.90. The Hall–Kier alpha value is -1.10. The van der Waals surface area contributed by atoms with Gasteiger partial charge in [0.15, 0.2) is 0 Å². The molecule has 1 aliphatic heterocycles. The van der Waals surface area contributed by atoms with Crippen molar-refractivity contribution in [2.45, 2.75) is 45.1 Å². The van der Waals surface area contributed by atoms with Gasteiger partial charge in [-0.1, -0.05) is 13.8 Å². The first-order valence-corrected chi connectivity index (χ1v) is 6.38. The Morgan fingerprint density at radius 2 is 2.06 bits per heavy atom. The van der Waals surface area contributed by atoms with Gasteiger partial charge in [0.2, 0.25) is 11.8 Å². The number of hydrogen-bond donors (Lipinski definition) is 3. The molecule has 1 fully saturated rings. The van der Waals surface area contributed by atoms with Gasteiger partial charge in [0, 0.05) is 6.54 Å². The van der Waals surface area contributed by atoms with Crippen LogP contribution in [0.15, 0.2) is 0 Å². The molecule has 1 saturated heterocycles. The van der Waals surface area contributed by atoms with Crippen molar-refractivity contribution in [3.05, 3.63) is 0 Å². The van der Waals surface area contributed by atoms with Crippen molar-refractivity contribution in [2.75, 3.05) is 13.1 Å². The molecule has 5 heteroatoms. The summed E-state index contributed by atoms with van der Waals surface area (Å²) in [5.41, 5.74) is 4.52. The normalized spacial score (nSPS) is 20.9. The second kappa shape index (κ2) is 6.00. The molecule has 0 aromatic heterocycles. The predicted molar refractivity (Wildman–Crippen MR) is 66.2 cm³/mol. The van der Waals surface area contributed by atoms with Gasteiger partial charge in [0.25, 0.3) is 0 Å². The Morgan fingerprint density at radius 1 is 1.41 bits per heavy atom. The molecule has 4 N–H and O–H groups in total. The molecule has 1 heterocycles. The fourth-order valence-corrected chi connectivity index (χ4v) is 2.25. The monoisotopic (exact) mass is 241 g/mol. The number of nitrogens with two attached hydrogens (primary N) is 1. The summed E-state index contributed by atoms with van der Waals surface area (Å²) in [5, 5.41) is 6.04. The number of nitrogens with one attached hydrogen (secondary N) is 2. The molecular weight excluding hydrogens is 218 g/mol. The maximum Gasteiger partial charge on any atom is 0.243 e. The summed E-state index contributed by atoms with van der Waals surface area (Å²) in [6.45, 7) is 5.39. The average molecular weight is 241 g/mol. The third-order valence-electron chi connectivity index (χ3n) is 3.71. The third-order valence-corrected chi connectivity index (χ3v) is 3.71. The molecule has 1 aliphatic rings. The van der Waals surface area contributed by atoms with E-state index in [9.17, 15) is 9.59 Å². The van der Waals surface area contributed by atoms with Crippen LogP contribution in [0.5, 0.6) is 0 Å². The molecule has 1 unspecified atom stereocenters. The molecule has 1 atom stereocenters. The summed E-state index contributed by atoms with van der Waals surface area (Å²) >= 11 is 0. The predicted octanol–water partition coefficient (Wildman–Crippen LogP) is 0.146. The van der Waals surface area contributed by atoms with Gasteiger partial charge in [-0.3, -0.25) is 9.59 Å². The molecule has 2 amide bonds. The topological polar surface area (TPSA) is 84.2 Å². The maximum absolute atomic E-state index is 12.1. The van der Waals surface area contributed by atoms with Crippen LogP contribution >= 0.6 is 0 Å². The first-order chi connectivity index (χ1) is 8.05. The second-order valence-electron chi connectivity index (χ2n) is 4.69. The molecular formula is C12H23N3O2. The van der Waals surface area contributed by atoms with Crippen molar-refractivity contribution >= 4 is 11.8 Å². The summed E-state index contributed by atoms with van der Waals surface area (Å²) in [6, 6.07) is 0. The lowest BCUT2D eigenvalue weighted by Crippen LogP contribution is -2.58. The van der Waals surface area contributed by atoms with Crippen molar-refractivity contribution in [1.29, 1.82) is 0 Å². The van der Waals surface area contributed by atoms with Gasteiger partial charge in [-0.15, -0.1) is 0 Å². The second-order valence-corrected chi connectivity index (χ2v) is 4.69. The van der Waals surface area contributed by atoms with Crippen molar-refractivity contribution in [3.8, 4) is 0 Å². The molecule has 0 bridgehead atoms. The molecule has 0 aliphatic carbocycles. The number of hydrogen-bond acceptors (Lipinski definition) is 3. The van der Waals surface area contributed by atoms with Crippen LogP contribution in [0.2, 0.25) is 0 Å². The minimum Gasteiger partial charge on any atom is -0.368 e. The Labute approximate surface area is 103 Å². The van der Waals surface area contributed by atoms with E-state index in [0.717, 1.165) is 19.4 Å². The summed E-state index contributed by atoms with van der Waals surface area (Å²) in [4.78, 5) is 23.6. The largest absolute Gasteiger partial charge is 0.368 e. The van der Waals surface area contributed by atoms with Gasteiger partial charge in [-0.25, -0.2) is 0 Å². The zero-order valence-corrected chi connectivity index (χ0v) is 10.7. The van der Waals surface area contributed by atoms with Crippen LogP contribution in [0.4, 0.5) is 0 Å². The molecule has 17 heavy (non-hydrogen) atoms. The zero-order chi connectivity index (χ0) is 12.9. The van der Waals surface area contributed by atoms with Crippen molar-refractivity contribution < 1.29 is 9.59 Å². The van der Waals surface area contributed by atoms with Crippen molar-refractivity contribution in [3.63, 3.8) is 0 Å². The number of carbonyl (C=O) groups excluding carboxylic acids is 2. The summed E-state index contributed by atoms with van der Waals surface area (Å²) in [6.07, 6.45) is 2.94. The van der Waals surface area contributed by atoms with Crippen LogP contribution in [0.3, 0.4) is 0 Å². The quantitative estimate of drug-likeness (QED) is 0.640. The molecule has 0 spiro atoms. The standard InChI is InChI=1S/C12H23N3O2/c1-3-12(4-2,11(13)17)15-10(16)9-6-5-7-14-8-9/h9,14H,3-8H2,1-2H3,(H2,13,17)(H,15,16). The molecule has 5 nitrogen and oxygen atoms in total. The highest BCUT2D eigenvalue weighted by atomic mass is 16.2. The van der Waals surface area contributed by atoms with E-state index in [4.69, 9.17) is 5.73 Å². The molecule has 0 radical (unpaired) electrons. The zero-order valence-electron chi connectivity index (χ0n) is 10.7. The van der Waals surface area contributed by atoms with Gasteiger partial charge in [-0.2, -0.15) is 0 Å². The fourth-order valence-electron chi connectivity index (χ4n) is 2.25. The van der Waals surface area contributed by atoms with E-state index >= 15 is 0 Å². The molecule has 0 saturated carbocycles. The number of carbonyl (C=O) groups is 2. The highest BCUT2D eigenvalue weighted by Gasteiger charge is 2.36. The van der Waals surface area contributed by atoms with Crippen LogP contribution in [-0.4, -0.2) is 30.4 Å². The lowest BCUT2D eigenvalue weighted by Gasteiger charge is -2.32. The fraction of sp³-hybridized carbons (Fsp3) is 0.833. The van der Waals surface area contributed by atoms with E-state index < -0.39 is 11.4 Å². The van der Waals surface area contributed by atoms with Gasteiger partial charge in [0.05, 0.1) is 5.92 Å². The number of rotatable bonds is 5. The van der Waals surface area contributed by atoms with Crippen molar-refractivity contribution in [2.24, 2.45) is 11.7 Å². The first kappa shape index (κ1) is 14.0. The minimum absolute atomic E-state index is 0.0411. The van der Waals surface area contributed by atoms with E-state index in [1.807, 2.05) is 13.8 Å². The van der Waals surface area contributed by atoms with Gasteiger partial charge in [0.1, 0.15) is 5.54 Å². The van der Waals surface area contributed by atoms with Gasteiger partial charge in [-0.05, 0) is 32.2 Å². The van der Waals surface area contributed by atoms with Crippen LogP contribution < -0.4 is 16.4 Å². The molecule has 0 aromatic rings. The SMILES string of the molecule is CCC(CC)(NC(=O)C1CCCNC1)C(N)=O. The highest BCUT2D eigenvalue weighted by molar-refractivity contribution is 5.91. The van der Waals surface area contributed by atoms with E-state index in [2.05, 4.69) is 10.6 Å². The minimum atomic E-state index is -0.880. The third kappa shape index (κ3) is 3.19. The molecule has 0 aromatic carbocycles. The smallest absolute Gasteiger partial charge is 0.243 e. The highest BCUT2D eigenvalue weighted by Crippen LogP contribution is 2.17. The average Bonchev–Trinajstić information content (AvgIpc) is 2.36. The number of piperidine rings is 1. The van der Waals surface area contributed by atoms with E-state index in [-0.39, 0.29) is 11.8 Å². The van der Waals surface area contributed by atoms with Crippen LogP contribution in [0, 0.1) is 5.92 Å². The summed E-state index contributed by atoms with van der Waals surface area (Å²) < 4.78 is 0.